The molecule has 0 radical (unpaired) electrons. The maximum atomic E-state index is 12.3. The Morgan fingerprint density at radius 1 is 0.857 bits per heavy atom. The van der Waals surface area contributed by atoms with Crippen LogP contribution in [0.3, 0.4) is 0 Å². The van der Waals surface area contributed by atoms with Crippen LogP contribution in [0.4, 0.5) is 5.69 Å². The van der Waals surface area contributed by atoms with E-state index in [4.69, 9.17) is 0 Å². The van der Waals surface area contributed by atoms with Gasteiger partial charge in [-0.25, -0.2) is 4.99 Å². The van der Waals surface area contributed by atoms with E-state index in [1.54, 1.807) is 36.4 Å². The van der Waals surface area contributed by atoms with Crippen LogP contribution < -0.4 is 5.32 Å². The van der Waals surface area contributed by atoms with Crippen LogP contribution in [0, 0.1) is 0 Å². The van der Waals surface area contributed by atoms with Crippen LogP contribution in [-0.2, 0) is 4.79 Å². The van der Waals surface area contributed by atoms with E-state index in [2.05, 4.69) is 10.3 Å². The molecule has 21 heavy (non-hydrogen) atoms. The van der Waals surface area contributed by atoms with Gasteiger partial charge in [-0.1, -0.05) is 48.5 Å². The van der Waals surface area contributed by atoms with Crippen molar-refractivity contribution in [2.24, 2.45) is 4.99 Å². The maximum absolute atomic E-state index is 12.3. The van der Waals surface area contributed by atoms with Crippen molar-refractivity contribution in [1.82, 2.24) is 0 Å². The fraction of sp³-hybridized carbons (Fsp3) is 0. The summed E-state index contributed by atoms with van der Waals surface area (Å²) in [6, 6.07) is 17.9. The van der Waals surface area contributed by atoms with Crippen LogP contribution in [-0.4, -0.2) is 17.9 Å². The second-order valence-electron chi connectivity index (χ2n) is 4.54. The highest BCUT2D eigenvalue weighted by atomic mass is 16.2. The summed E-state index contributed by atoms with van der Waals surface area (Å²) in [5, 5.41) is 2.72. The van der Waals surface area contributed by atoms with Crippen molar-refractivity contribution in [3.63, 3.8) is 0 Å². The number of aliphatic imine (C=N–C) groups is 1. The summed E-state index contributed by atoms with van der Waals surface area (Å²) in [6.07, 6.45) is 1.43. The number of carbonyl (C=O) groups is 2. The Morgan fingerprint density at radius 3 is 2.05 bits per heavy atom. The molecule has 1 heterocycles. The van der Waals surface area contributed by atoms with Crippen molar-refractivity contribution in [1.29, 1.82) is 0 Å². The number of amides is 1. The van der Waals surface area contributed by atoms with Crippen molar-refractivity contribution in [3.05, 3.63) is 77.5 Å². The van der Waals surface area contributed by atoms with Crippen molar-refractivity contribution in [2.45, 2.75) is 0 Å². The largest absolute Gasteiger partial charge is 0.321 e. The summed E-state index contributed by atoms with van der Waals surface area (Å²) in [7, 11) is 0. The van der Waals surface area contributed by atoms with Crippen LogP contribution in [0.15, 0.2) is 76.9 Å². The lowest BCUT2D eigenvalue weighted by atomic mass is 9.99. The molecule has 4 nitrogen and oxygen atoms in total. The van der Waals surface area contributed by atoms with Gasteiger partial charge in [0.15, 0.2) is 5.78 Å². The predicted octanol–water partition coefficient (Wildman–Crippen LogP) is 2.85. The van der Waals surface area contributed by atoms with E-state index >= 15 is 0 Å². The fourth-order valence-corrected chi connectivity index (χ4v) is 2.00. The van der Waals surface area contributed by atoms with E-state index in [1.165, 1.54) is 6.21 Å². The molecule has 3 rings (SSSR count). The average molecular weight is 276 g/mol. The molecule has 2 aromatic carbocycles. The zero-order valence-electron chi connectivity index (χ0n) is 11.1. The van der Waals surface area contributed by atoms with Gasteiger partial charge in [0.05, 0.1) is 5.57 Å². The molecule has 0 atom stereocenters. The van der Waals surface area contributed by atoms with Gasteiger partial charge in [0.25, 0.3) is 5.91 Å². The van der Waals surface area contributed by atoms with E-state index in [1.807, 2.05) is 24.3 Å². The number of ketones is 1. The van der Waals surface area contributed by atoms with Gasteiger partial charge in [0, 0.05) is 17.5 Å². The zero-order valence-corrected chi connectivity index (χ0v) is 11.1. The van der Waals surface area contributed by atoms with E-state index in [-0.39, 0.29) is 17.4 Å². The minimum absolute atomic E-state index is 0.174. The summed E-state index contributed by atoms with van der Waals surface area (Å²) >= 11 is 0. The standard InChI is InChI=1S/C17H12N2O2/c20-16(12-7-3-1-4-8-12)14-11-18-15(14)17(21)19-13-9-5-2-6-10-13/h1-11H,(H,19,21). The minimum atomic E-state index is -0.372. The van der Waals surface area contributed by atoms with Crippen LogP contribution >= 0.6 is 0 Å². The van der Waals surface area contributed by atoms with Crippen LogP contribution in [0.25, 0.3) is 0 Å². The summed E-state index contributed by atoms with van der Waals surface area (Å²) in [6.45, 7) is 0. The molecule has 0 spiro atoms. The van der Waals surface area contributed by atoms with Gasteiger partial charge in [-0.2, -0.15) is 0 Å². The predicted molar refractivity (Wildman–Crippen MR) is 81.4 cm³/mol. The van der Waals surface area contributed by atoms with E-state index < -0.39 is 0 Å². The highest BCUT2D eigenvalue weighted by molar-refractivity contribution is 6.29. The van der Waals surface area contributed by atoms with Crippen LogP contribution in [0.2, 0.25) is 0 Å². The number of hydrogen-bond donors (Lipinski definition) is 1. The van der Waals surface area contributed by atoms with Crippen molar-refractivity contribution < 1.29 is 9.59 Å². The third kappa shape index (κ3) is 2.65. The molecule has 0 bridgehead atoms. The smallest absolute Gasteiger partial charge is 0.275 e. The Kier molecular flexibility index (Phi) is 3.43. The van der Waals surface area contributed by atoms with Crippen LogP contribution in [0.5, 0.6) is 0 Å². The number of hydrogen-bond acceptors (Lipinski definition) is 3. The quantitative estimate of drug-likeness (QED) is 0.873. The van der Waals surface area contributed by atoms with Gasteiger partial charge in [-0.05, 0) is 12.1 Å². The summed E-state index contributed by atoms with van der Waals surface area (Å²) in [5.41, 5.74) is 1.73. The van der Waals surface area contributed by atoms with Gasteiger partial charge in [0.2, 0.25) is 0 Å². The minimum Gasteiger partial charge on any atom is -0.321 e. The molecule has 4 heteroatoms. The number of nitrogens with one attached hydrogen (secondary N) is 1. The molecule has 1 aliphatic rings. The van der Waals surface area contributed by atoms with E-state index in [9.17, 15) is 9.59 Å². The molecule has 1 aliphatic heterocycles. The monoisotopic (exact) mass is 276 g/mol. The molecule has 0 saturated carbocycles. The van der Waals surface area contributed by atoms with E-state index in [0.717, 1.165) is 0 Å². The highest BCUT2D eigenvalue weighted by Gasteiger charge is 2.25. The summed E-state index contributed by atoms with van der Waals surface area (Å²) < 4.78 is 0. The first-order valence-electron chi connectivity index (χ1n) is 6.50. The van der Waals surface area contributed by atoms with E-state index in [0.29, 0.717) is 16.8 Å². The van der Waals surface area contributed by atoms with Crippen molar-refractivity contribution in [3.8, 4) is 0 Å². The number of para-hydroxylation sites is 1. The molecule has 0 unspecified atom stereocenters. The number of allylic oxidation sites excluding steroid dienone is 1. The van der Waals surface area contributed by atoms with Gasteiger partial charge in [0.1, 0.15) is 5.70 Å². The highest BCUT2D eigenvalue weighted by Crippen LogP contribution is 2.20. The second-order valence-corrected chi connectivity index (χ2v) is 4.54. The molecule has 2 aromatic rings. The van der Waals surface area contributed by atoms with Crippen molar-refractivity contribution >= 4 is 23.6 Å². The second kappa shape index (κ2) is 5.54. The Bertz CT molecular complexity index is 747. The number of nitrogens with zero attached hydrogens (tertiary/aromatic N) is 1. The number of Topliss-reactive ketones (excluding diaryl/α,β-unsaturated/α-hetero) is 1. The number of anilines is 1. The molecule has 0 aromatic heterocycles. The topological polar surface area (TPSA) is 58.5 Å². The van der Waals surface area contributed by atoms with Gasteiger partial charge >= 0.3 is 0 Å². The van der Waals surface area contributed by atoms with Crippen LogP contribution in [0.1, 0.15) is 10.4 Å². The molecule has 0 aliphatic carbocycles. The summed E-state index contributed by atoms with van der Waals surface area (Å²) in [5.74, 6) is -0.563. The molecule has 0 saturated heterocycles. The lowest BCUT2D eigenvalue weighted by Crippen LogP contribution is -2.23. The molecule has 0 fully saturated rings. The first kappa shape index (κ1) is 13.0. The Hall–Kier alpha value is -3.01. The number of carbonyl (C=O) groups excluding carboxylic acids is 2. The van der Waals surface area contributed by atoms with Gasteiger partial charge in [-0.3, -0.25) is 9.59 Å². The maximum Gasteiger partial charge on any atom is 0.275 e. The Labute approximate surface area is 121 Å². The number of rotatable bonds is 4. The normalized spacial score (nSPS) is 12.8. The number of benzene rings is 2. The third-order valence-corrected chi connectivity index (χ3v) is 3.11. The Morgan fingerprint density at radius 2 is 1.48 bits per heavy atom. The molecule has 1 amide bonds. The summed E-state index contributed by atoms with van der Waals surface area (Å²) in [4.78, 5) is 28.3. The van der Waals surface area contributed by atoms with Gasteiger partial charge in [-0.15, -0.1) is 0 Å². The lowest BCUT2D eigenvalue weighted by Gasteiger charge is -2.14. The molecule has 1 N–H and O–H groups in total. The van der Waals surface area contributed by atoms with Crippen molar-refractivity contribution in [2.75, 3.05) is 5.32 Å². The molecule has 102 valence electrons. The first-order valence-corrected chi connectivity index (χ1v) is 6.50. The Balaban J connectivity index is 1.79. The lowest BCUT2D eigenvalue weighted by molar-refractivity contribution is -0.113. The fourth-order valence-electron chi connectivity index (χ4n) is 2.00. The first-order chi connectivity index (χ1) is 10.3. The molecular formula is C17H12N2O2. The zero-order chi connectivity index (χ0) is 14.7. The SMILES string of the molecule is O=C(Nc1ccccc1)C1=C(C(=O)c2ccccc2)C=N1. The average Bonchev–Trinajstić information content (AvgIpc) is 2.48. The van der Waals surface area contributed by atoms with Gasteiger partial charge < -0.3 is 5.32 Å². The molecular weight excluding hydrogens is 264 g/mol. The third-order valence-electron chi connectivity index (χ3n) is 3.11.